The Balaban J connectivity index is 1.58. The van der Waals surface area contributed by atoms with Crippen molar-refractivity contribution in [3.8, 4) is 11.3 Å². The molecule has 9 heteroatoms. The molecule has 0 atom stereocenters. The number of hydrogen-bond acceptors (Lipinski definition) is 6. The van der Waals surface area contributed by atoms with Crippen molar-refractivity contribution in [1.82, 2.24) is 9.38 Å². The summed E-state index contributed by atoms with van der Waals surface area (Å²) in [5.41, 5.74) is 4.10. The number of furan rings is 1. The van der Waals surface area contributed by atoms with Gasteiger partial charge in [-0.2, -0.15) is 0 Å². The minimum Gasteiger partial charge on any atom is -0.457 e. The van der Waals surface area contributed by atoms with Crippen LogP contribution >= 0.6 is 22.9 Å². The third-order valence-electron chi connectivity index (χ3n) is 5.18. The van der Waals surface area contributed by atoms with Crippen LogP contribution in [0.4, 0.5) is 5.69 Å². The molecule has 0 aliphatic heterocycles. The second kappa shape index (κ2) is 7.04. The van der Waals surface area contributed by atoms with Crippen LogP contribution in [0.3, 0.4) is 0 Å². The monoisotopic (exact) mass is 451 g/mol. The summed E-state index contributed by atoms with van der Waals surface area (Å²) in [7, 11) is 0. The van der Waals surface area contributed by atoms with Crippen molar-refractivity contribution in [2.45, 2.75) is 13.8 Å². The lowest BCUT2D eigenvalue weighted by Gasteiger charge is -2.00. The summed E-state index contributed by atoms with van der Waals surface area (Å²) in [6.07, 6.45) is 1.66. The minimum absolute atomic E-state index is 0.0947. The maximum atomic E-state index is 13.0. The fraction of sp³-hybridized carbons (Fsp3) is 0.0909. The molecule has 2 aromatic carbocycles. The first-order valence-corrected chi connectivity index (χ1v) is 10.5. The summed E-state index contributed by atoms with van der Waals surface area (Å²) in [6, 6.07) is 11.6. The number of halogens is 1. The molecule has 5 aromatic rings. The van der Waals surface area contributed by atoms with Crippen molar-refractivity contribution in [3.63, 3.8) is 0 Å². The van der Waals surface area contributed by atoms with Crippen LogP contribution < -0.4 is 10.1 Å². The van der Waals surface area contributed by atoms with Crippen molar-refractivity contribution < 1.29 is 9.34 Å². The van der Waals surface area contributed by atoms with Crippen LogP contribution in [0.2, 0.25) is 5.02 Å². The molecule has 0 fully saturated rings. The van der Waals surface area contributed by atoms with Crippen LogP contribution in [0.25, 0.3) is 33.4 Å². The van der Waals surface area contributed by atoms with Crippen LogP contribution in [0, 0.1) is 24.0 Å². The quantitative estimate of drug-likeness (QED) is 0.287. The van der Waals surface area contributed by atoms with E-state index in [4.69, 9.17) is 16.0 Å². The Kier molecular flexibility index (Phi) is 4.42. The van der Waals surface area contributed by atoms with E-state index in [0.717, 1.165) is 22.2 Å². The van der Waals surface area contributed by atoms with Gasteiger partial charge in [0.15, 0.2) is 4.96 Å². The number of benzene rings is 2. The van der Waals surface area contributed by atoms with E-state index < -0.39 is 4.92 Å². The Morgan fingerprint density at radius 2 is 1.94 bits per heavy atom. The van der Waals surface area contributed by atoms with E-state index in [1.54, 1.807) is 22.6 Å². The van der Waals surface area contributed by atoms with E-state index in [1.807, 2.05) is 26.0 Å². The van der Waals surface area contributed by atoms with Crippen molar-refractivity contribution in [2.75, 3.05) is 0 Å². The van der Waals surface area contributed by atoms with Crippen LogP contribution in [-0.4, -0.2) is 14.3 Å². The number of aromatic nitrogens is 2. The van der Waals surface area contributed by atoms with E-state index in [-0.39, 0.29) is 16.3 Å². The van der Waals surface area contributed by atoms with E-state index in [0.29, 0.717) is 26.6 Å². The number of nitrogens with zero attached hydrogens (tertiary/aromatic N) is 3. The molecule has 0 aliphatic carbocycles. The van der Waals surface area contributed by atoms with Gasteiger partial charge in [0.25, 0.3) is 11.2 Å². The van der Waals surface area contributed by atoms with E-state index in [1.165, 1.54) is 29.5 Å². The number of rotatable bonds is 3. The molecule has 0 bridgehead atoms. The highest BCUT2D eigenvalue weighted by atomic mass is 35.5. The Bertz CT molecular complexity index is 1630. The number of hydrogen-bond donors (Lipinski definition) is 0. The normalized spacial score (nSPS) is 12.3. The van der Waals surface area contributed by atoms with Crippen molar-refractivity contribution in [1.29, 1.82) is 0 Å². The van der Waals surface area contributed by atoms with Crippen molar-refractivity contribution in [3.05, 3.63) is 89.4 Å². The fourth-order valence-electron chi connectivity index (χ4n) is 3.44. The molecule has 154 valence electrons. The molecule has 0 N–H and O–H groups in total. The number of thiazole rings is 1. The minimum atomic E-state index is -0.507. The second-order valence-electron chi connectivity index (χ2n) is 7.19. The van der Waals surface area contributed by atoms with E-state index >= 15 is 0 Å². The van der Waals surface area contributed by atoms with E-state index in [2.05, 4.69) is 4.98 Å². The van der Waals surface area contributed by atoms with Gasteiger partial charge in [0, 0.05) is 23.8 Å². The third kappa shape index (κ3) is 3.20. The standard InChI is InChI=1S/C22H14ClN3O4S/c1-11-7-17-18(8-12(11)2)25-21(27)20(31-22(25)24-17)10-14-4-6-19(30-14)15-5-3-13(26(28)29)9-16(15)23/h3-10H,1-2H3. The predicted octanol–water partition coefficient (Wildman–Crippen LogP) is 4.90. The van der Waals surface area contributed by atoms with Gasteiger partial charge in [-0.15, -0.1) is 0 Å². The average Bonchev–Trinajstić information content (AvgIpc) is 3.39. The maximum absolute atomic E-state index is 13.0. The molecule has 0 saturated heterocycles. The zero-order valence-electron chi connectivity index (χ0n) is 16.4. The van der Waals surface area contributed by atoms with Gasteiger partial charge in [-0.1, -0.05) is 22.9 Å². The molecular weight excluding hydrogens is 438 g/mol. The van der Waals surface area contributed by atoms with Crippen molar-refractivity contribution in [2.24, 2.45) is 0 Å². The van der Waals surface area contributed by atoms with Gasteiger partial charge in [-0.25, -0.2) is 9.38 Å². The molecule has 0 spiro atoms. The number of imidazole rings is 1. The molecule has 31 heavy (non-hydrogen) atoms. The predicted molar refractivity (Wildman–Crippen MR) is 121 cm³/mol. The molecule has 3 heterocycles. The highest BCUT2D eigenvalue weighted by molar-refractivity contribution is 7.15. The summed E-state index contributed by atoms with van der Waals surface area (Å²) in [5, 5.41) is 11.1. The lowest BCUT2D eigenvalue weighted by Crippen LogP contribution is -2.22. The average molecular weight is 452 g/mol. The molecule has 0 radical (unpaired) electrons. The smallest absolute Gasteiger partial charge is 0.275 e. The first-order valence-electron chi connectivity index (χ1n) is 9.30. The van der Waals surface area contributed by atoms with Crippen LogP contribution in [-0.2, 0) is 0 Å². The summed E-state index contributed by atoms with van der Waals surface area (Å²) in [5.74, 6) is 0.929. The largest absolute Gasteiger partial charge is 0.457 e. The molecule has 0 aliphatic rings. The van der Waals surface area contributed by atoms with Gasteiger partial charge in [-0.3, -0.25) is 14.9 Å². The lowest BCUT2D eigenvalue weighted by atomic mass is 10.1. The summed E-state index contributed by atoms with van der Waals surface area (Å²) < 4.78 is 7.95. The Labute approximate surface area is 184 Å². The second-order valence-corrected chi connectivity index (χ2v) is 8.61. The van der Waals surface area contributed by atoms with E-state index in [9.17, 15) is 14.9 Å². The van der Waals surface area contributed by atoms with Crippen molar-refractivity contribution >= 4 is 50.7 Å². The molecule has 3 aromatic heterocycles. The van der Waals surface area contributed by atoms with Crippen LogP contribution in [0.1, 0.15) is 16.9 Å². The SMILES string of the molecule is Cc1cc2nc3sc(=Cc4ccc(-c5ccc([N+](=O)[O-])cc5Cl)o4)c(=O)n3c2cc1C. The fourth-order valence-corrected chi connectivity index (χ4v) is 4.68. The topological polar surface area (TPSA) is 90.7 Å². The Morgan fingerprint density at radius 1 is 1.16 bits per heavy atom. The van der Waals surface area contributed by atoms with Gasteiger partial charge < -0.3 is 4.42 Å². The zero-order chi connectivity index (χ0) is 21.9. The first kappa shape index (κ1) is 19.5. The highest BCUT2D eigenvalue weighted by Gasteiger charge is 2.15. The third-order valence-corrected chi connectivity index (χ3v) is 6.46. The molecular formula is C22H14ClN3O4S. The first-order chi connectivity index (χ1) is 14.8. The molecule has 5 rings (SSSR count). The highest BCUT2D eigenvalue weighted by Crippen LogP contribution is 2.32. The number of nitro benzene ring substituents is 1. The molecule has 0 saturated carbocycles. The lowest BCUT2D eigenvalue weighted by molar-refractivity contribution is -0.384. The van der Waals surface area contributed by atoms with Gasteiger partial charge in [0.2, 0.25) is 0 Å². The van der Waals surface area contributed by atoms with Crippen LogP contribution in [0.15, 0.2) is 51.7 Å². The molecule has 7 nitrogen and oxygen atoms in total. The maximum Gasteiger partial charge on any atom is 0.275 e. The molecule has 0 amide bonds. The number of fused-ring (bicyclic) bond motifs is 3. The molecule has 0 unspecified atom stereocenters. The van der Waals surface area contributed by atoms with Gasteiger partial charge in [-0.05, 0) is 55.3 Å². The van der Waals surface area contributed by atoms with Gasteiger partial charge in [0.1, 0.15) is 16.1 Å². The summed E-state index contributed by atoms with van der Waals surface area (Å²) in [4.78, 5) is 28.6. The number of aryl methyl sites for hydroxylation is 2. The Morgan fingerprint density at radius 3 is 2.68 bits per heavy atom. The number of nitro groups is 1. The zero-order valence-corrected chi connectivity index (χ0v) is 18.0. The van der Waals surface area contributed by atoms with Gasteiger partial charge >= 0.3 is 0 Å². The summed E-state index contributed by atoms with van der Waals surface area (Å²) >= 11 is 7.48. The number of non-ortho nitro benzene ring substituents is 1. The van der Waals surface area contributed by atoms with Gasteiger partial charge in [0.05, 0.1) is 21.0 Å². The van der Waals surface area contributed by atoms with Crippen LogP contribution in [0.5, 0.6) is 0 Å². The summed E-state index contributed by atoms with van der Waals surface area (Å²) in [6.45, 7) is 4.02. The Hall–Kier alpha value is -3.49.